The highest BCUT2D eigenvalue weighted by molar-refractivity contribution is 6.48. The van der Waals surface area contributed by atoms with Crippen LogP contribution in [-0.2, 0) is 0 Å². The fraction of sp³-hybridized carbons (Fsp3) is 0. The SMILES string of the molecule is O=C1c2c(Cl)ccc(Cl)c2[14C](=O)c2c(Cl)ccc(Cl)c21. The van der Waals surface area contributed by atoms with Crippen LogP contribution in [0.2, 0.25) is 20.1 Å². The van der Waals surface area contributed by atoms with Crippen molar-refractivity contribution in [2.75, 3.05) is 0 Å². The molecular weight excluding hydrogens is 344 g/mol. The van der Waals surface area contributed by atoms with Gasteiger partial charge in [0, 0.05) is 0 Å². The summed E-state index contributed by atoms with van der Waals surface area (Å²) in [5.74, 6) is -0.899. The molecule has 0 unspecified atom stereocenters. The van der Waals surface area contributed by atoms with Crippen molar-refractivity contribution in [2.24, 2.45) is 0 Å². The number of hydrogen-bond acceptors (Lipinski definition) is 2. The van der Waals surface area contributed by atoms with E-state index in [2.05, 4.69) is 0 Å². The van der Waals surface area contributed by atoms with Crippen LogP contribution in [0.15, 0.2) is 24.3 Å². The summed E-state index contributed by atoms with van der Waals surface area (Å²) >= 11 is 24.1. The average molecular weight is 348 g/mol. The maximum Gasteiger partial charge on any atom is 0.197 e. The standard InChI is InChI=1S/C14H4Cl4O2/c15-5-1-2-6(16)10-9(5)13(19)11-7(17)3-4-8(18)12(11)14(10)20/h1-4H/i13+2. The zero-order valence-electron chi connectivity index (χ0n) is 9.64. The largest absolute Gasteiger partial charge is 0.288 e. The van der Waals surface area contributed by atoms with Gasteiger partial charge in [-0.25, -0.2) is 0 Å². The van der Waals surface area contributed by atoms with Crippen molar-refractivity contribution in [3.8, 4) is 0 Å². The van der Waals surface area contributed by atoms with E-state index in [4.69, 9.17) is 46.4 Å². The molecule has 2 aromatic carbocycles. The van der Waals surface area contributed by atoms with E-state index in [0.717, 1.165) is 0 Å². The van der Waals surface area contributed by atoms with Crippen LogP contribution in [0.3, 0.4) is 0 Å². The summed E-state index contributed by atoms with van der Waals surface area (Å²) in [6, 6.07) is 5.88. The average Bonchev–Trinajstić information content (AvgIpc) is 2.41. The van der Waals surface area contributed by atoms with Crippen molar-refractivity contribution in [2.45, 2.75) is 0 Å². The van der Waals surface area contributed by atoms with E-state index in [1.54, 1.807) is 0 Å². The van der Waals surface area contributed by atoms with Crippen molar-refractivity contribution in [1.29, 1.82) is 0 Å². The molecule has 0 N–H and O–H groups in total. The van der Waals surface area contributed by atoms with Gasteiger partial charge in [-0.1, -0.05) is 46.4 Å². The Morgan fingerprint density at radius 3 is 1.45 bits per heavy atom. The molecule has 0 spiro atoms. The van der Waals surface area contributed by atoms with Crippen LogP contribution in [0, 0.1) is 0 Å². The van der Waals surface area contributed by atoms with Gasteiger partial charge in [0.15, 0.2) is 11.6 Å². The van der Waals surface area contributed by atoms with E-state index in [0.29, 0.717) is 0 Å². The fourth-order valence-corrected chi connectivity index (χ4v) is 3.21. The third-order valence-electron chi connectivity index (χ3n) is 3.12. The van der Waals surface area contributed by atoms with Crippen molar-refractivity contribution in [1.82, 2.24) is 0 Å². The van der Waals surface area contributed by atoms with Gasteiger partial charge in [0.25, 0.3) is 0 Å². The number of carbonyl (C=O) groups is 2. The molecule has 0 saturated heterocycles. The third-order valence-corrected chi connectivity index (χ3v) is 4.38. The van der Waals surface area contributed by atoms with Gasteiger partial charge in [-0.05, 0) is 24.3 Å². The first-order chi connectivity index (χ1) is 9.43. The highest BCUT2D eigenvalue weighted by atomic mass is 35.5. The summed E-state index contributed by atoms with van der Waals surface area (Å²) < 4.78 is 0. The van der Waals surface area contributed by atoms with Crippen LogP contribution in [0.25, 0.3) is 0 Å². The molecule has 0 radical (unpaired) electrons. The lowest BCUT2D eigenvalue weighted by Crippen LogP contribution is -2.22. The van der Waals surface area contributed by atoms with E-state index >= 15 is 0 Å². The van der Waals surface area contributed by atoms with Gasteiger partial charge in [0.2, 0.25) is 0 Å². The molecule has 0 amide bonds. The minimum atomic E-state index is -0.449. The molecule has 0 atom stereocenters. The quantitative estimate of drug-likeness (QED) is 0.568. The molecule has 1 aliphatic rings. The number of hydrogen-bond donors (Lipinski definition) is 0. The maximum absolute atomic E-state index is 12.6. The number of benzene rings is 2. The molecule has 0 fully saturated rings. The predicted molar refractivity (Wildman–Crippen MR) is 79.8 cm³/mol. The summed E-state index contributed by atoms with van der Waals surface area (Å²) in [6.07, 6.45) is 0. The predicted octanol–water partition coefficient (Wildman–Crippen LogP) is 5.08. The second-order valence-electron chi connectivity index (χ2n) is 4.22. The summed E-state index contributed by atoms with van der Waals surface area (Å²) in [5, 5.41) is 0.628. The molecule has 20 heavy (non-hydrogen) atoms. The Morgan fingerprint density at radius 2 is 1.05 bits per heavy atom. The van der Waals surface area contributed by atoms with E-state index < -0.39 is 11.6 Å². The highest BCUT2D eigenvalue weighted by Crippen LogP contribution is 2.40. The lowest BCUT2D eigenvalue weighted by Gasteiger charge is -2.21. The van der Waals surface area contributed by atoms with Gasteiger partial charge in [-0.15, -0.1) is 0 Å². The minimum Gasteiger partial charge on any atom is -0.288 e. The zero-order valence-corrected chi connectivity index (χ0v) is 12.7. The fourth-order valence-electron chi connectivity index (χ4n) is 2.24. The number of halogens is 4. The first-order valence-corrected chi connectivity index (χ1v) is 7.00. The Labute approximate surface area is 134 Å². The second kappa shape index (κ2) is 4.74. The topological polar surface area (TPSA) is 34.1 Å². The van der Waals surface area contributed by atoms with E-state index in [1.807, 2.05) is 0 Å². The molecule has 0 aliphatic heterocycles. The first kappa shape index (κ1) is 13.9. The Balaban J connectivity index is 2.46. The monoisotopic (exact) mass is 346 g/mol. The highest BCUT2D eigenvalue weighted by Gasteiger charge is 2.36. The lowest BCUT2D eigenvalue weighted by atomic mass is 9.95. The molecule has 0 bridgehead atoms. The van der Waals surface area contributed by atoms with E-state index in [9.17, 15) is 9.59 Å². The van der Waals surface area contributed by atoms with Crippen LogP contribution in [0.1, 0.15) is 31.8 Å². The molecule has 0 saturated carbocycles. The molecule has 2 nitrogen and oxygen atoms in total. The van der Waals surface area contributed by atoms with E-state index in [1.165, 1.54) is 24.3 Å². The molecule has 0 heterocycles. The molecule has 1 aliphatic carbocycles. The van der Waals surface area contributed by atoms with Gasteiger partial charge >= 0.3 is 0 Å². The summed E-state index contributed by atoms with van der Waals surface area (Å²) in [4.78, 5) is 25.1. The molecule has 0 aromatic heterocycles. The number of rotatable bonds is 0. The number of carbonyl (C=O) groups excluding carboxylic acids is 2. The number of fused-ring (bicyclic) bond motifs is 2. The van der Waals surface area contributed by atoms with Crippen LogP contribution < -0.4 is 0 Å². The molecule has 6 heteroatoms. The Kier molecular flexibility index (Phi) is 3.30. The molecular formula is C14H4Cl4O2. The van der Waals surface area contributed by atoms with Gasteiger partial charge in [0.05, 0.1) is 42.3 Å². The van der Waals surface area contributed by atoms with Gasteiger partial charge in [-0.3, -0.25) is 9.59 Å². The molecule has 3 rings (SSSR count). The Bertz CT molecular complexity index is 667. The Morgan fingerprint density at radius 1 is 0.700 bits per heavy atom. The van der Waals surface area contributed by atoms with Gasteiger partial charge in [-0.2, -0.15) is 0 Å². The van der Waals surface area contributed by atoms with Crippen LogP contribution in [0.5, 0.6) is 0 Å². The van der Waals surface area contributed by atoms with Gasteiger partial charge in [0.1, 0.15) is 0 Å². The van der Waals surface area contributed by atoms with Crippen LogP contribution >= 0.6 is 46.4 Å². The zero-order chi connectivity index (χ0) is 14.6. The second-order valence-corrected chi connectivity index (χ2v) is 5.85. The Hall–Kier alpha value is -1.06. The van der Waals surface area contributed by atoms with Crippen molar-refractivity contribution < 1.29 is 9.59 Å². The smallest absolute Gasteiger partial charge is 0.197 e. The molecule has 100 valence electrons. The summed E-state index contributed by atoms with van der Waals surface area (Å²) in [5.41, 5.74) is 0.281. The molecule has 2 aromatic rings. The van der Waals surface area contributed by atoms with Crippen LogP contribution in [-0.4, -0.2) is 11.6 Å². The van der Waals surface area contributed by atoms with Crippen molar-refractivity contribution in [3.63, 3.8) is 0 Å². The van der Waals surface area contributed by atoms with Gasteiger partial charge < -0.3 is 0 Å². The normalized spacial score (nSPS) is 13.2. The number of ketones is 2. The summed E-state index contributed by atoms with van der Waals surface area (Å²) in [6.45, 7) is 0. The van der Waals surface area contributed by atoms with Crippen molar-refractivity contribution >= 4 is 58.0 Å². The van der Waals surface area contributed by atoms with E-state index in [-0.39, 0.29) is 42.3 Å². The minimum absolute atomic E-state index is 0.0702. The summed E-state index contributed by atoms with van der Waals surface area (Å²) in [7, 11) is 0. The third kappa shape index (κ3) is 1.80. The van der Waals surface area contributed by atoms with Crippen molar-refractivity contribution in [3.05, 3.63) is 66.6 Å². The van der Waals surface area contributed by atoms with Crippen LogP contribution in [0.4, 0.5) is 0 Å². The maximum atomic E-state index is 12.6. The lowest BCUT2D eigenvalue weighted by molar-refractivity contribution is 0.0979. The first-order valence-electron chi connectivity index (χ1n) is 5.49.